The fraction of sp³-hybridized carbons (Fsp3) is 0.375. The molecule has 0 saturated heterocycles. The lowest BCUT2D eigenvalue weighted by Crippen LogP contribution is -2.26. The van der Waals surface area contributed by atoms with Crippen molar-refractivity contribution in [3.05, 3.63) is 57.8 Å². The van der Waals surface area contributed by atoms with Gasteiger partial charge in [0.15, 0.2) is 0 Å². The summed E-state index contributed by atoms with van der Waals surface area (Å²) in [6, 6.07) is 12.8. The number of hydrogen-bond acceptors (Lipinski definition) is 3. The van der Waals surface area contributed by atoms with Crippen molar-refractivity contribution in [2.75, 3.05) is 13.7 Å². The van der Waals surface area contributed by atoms with Crippen LogP contribution in [0.1, 0.15) is 35.1 Å². The highest BCUT2D eigenvalue weighted by atomic mass is 32.1. The fourth-order valence-corrected chi connectivity index (χ4v) is 3.14. The molecule has 1 aromatic carbocycles. The highest BCUT2D eigenvalue weighted by Crippen LogP contribution is 2.35. The van der Waals surface area contributed by atoms with E-state index in [-0.39, 0.29) is 12.1 Å². The van der Waals surface area contributed by atoms with Crippen LogP contribution in [-0.2, 0) is 4.74 Å². The molecule has 0 saturated carbocycles. The average Bonchev–Trinajstić information content (AvgIpc) is 2.86. The Morgan fingerprint density at radius 2 is 1.95 bits per heavy atom. The van der Waals surface area contributed by atoms with Gasteiger partial charge in [-0.15, -0.1) is 11.3 Å². The number of hydrogen-bond donors (Lipinski definition) is 1. The highest BCUT2D eigenvalue weighted by molar-refractivity contribution is 7.10. The lowest BCUT2D eigenvalue weighted by Gasteiger charge is -2.27. The van der Waals surface area contributed by atoms with Gasteiger partial charge in [0.1, 0.15) is 6.10 Å². The predicted molar refractivity (Wildman–Crippen MR) is 81.7 cm³/mol. The van der Waals surface area contributed by atoms with Crippen LogP contribution in [0.3, 0.4) is 0 Å². The van der Waals surface area contributed by atoms with E-state index in [1.165, 1.54) is 16.0 Å². The zero-order chi connectivity index (χ0) is 13.7. The van der Waals surface area contributed by atoms with Crippen molar-refractivity contribution in [3.8, 4) is 0 Å². The predicted octanol–water partition coefficient (Wildman–Crippen LogP) is 4.09. The molecule has 3 heteroatoms. The van der Waals surface area contributed by atoms with E-state index >= 15 is 0 Å². The standard InChI is InChI=1S/C16H21NOS/c1-4-18-16(13-8-6-5-7-9-13)15(17-3)14-10-11-19-12(14)2/h5-11,15-17H,4H2,1-3H3. The molecule has 0 aliphatic rings. The summed E-state index contributed by atoms with van der Waals surface area (Å²) in [5, 5.41) is 5.55. The number of rotatable bonds is 6. The first-order valence-corrected chi connectivity index (χ1v) is 7.53. The van der Waals surface area contributed by atoms with Crippen LogP contribution < -0.4 is 5.32 Å². The zero-order valence-electron chi connectivity index (χ0n) is 11.7. The summed E-state index contributed by atoms with van der Waals surface area (Å²) in [6.45, 7) is 4.92. The van der Waals surface area contributed by atoms with E-state index in [1.807, 2.05) is 20.0 Å². The van der Waals surface area contributed by atoms with E-state index in [0.717, 1.165) is 0 Å². The first kappa shape index (κ1) is 14.3. The maximum Gasteiger partial charge on any atom is 0.102 e. The summed E-state index contributed by atoms with van der Waals surface area (Å²) in [6.07, 6.45) is 0.0458. The highest BCUT2D eigenvalue weighted by Gasteiger charge is 2.25. The summed E-state index contributed by atoms with van der Waals surface area (Å²) >= 11 is 1.78. The molecule has 0 aliphatic heterocycles. The van der Waals surface area contributed by atoms with E-state index < -0.39 is 0 Å². The minimum absolute atomic E-state index is 0.0458. The second kappa shape index (κ2) is 6.85. The van der Waals surface area contributed by atoms with E-state index in [1.54, 1.807) is 11.3 Å². The molecule has 2 rings (SSSR count). The molecule has 0 bridgehead atoms. The van der Waals surface area contributed by atoms with E-state index in [9.17, 15) is 0 Å². The first-order chi connectivity index (χ1) is 9.27. The third-order valence-electron chi connectivity index (χ3n) is 3.32. The molecule has 1 N–H and O–H groups in total. The maximum absolute atomic E-state index is 6.00. The number of ether oxygens (including phenoxy) is 1. The first-order valence-electron chi connectivity index (χ1n) is 6.65. The number of aryl methyl sites for hydroxylation is 1. The average molecular weight is 275 g/mol. The molecule has 1 aromatic heterocycles. The number of nitrogens with one attached hydrogen (secondary N) is 1. The maximum atomic E-state index is 6.00. The van der Waals surface area contributed by atoms with Crippen LogP contribution in [-0.4, -0.2) is 13.7 Å². The summed E-state index contributed by atoms with van der Waals surface area (Å²) < 4.78 is 6.00. The number of thiophene rings is 1. The zero-order valence-corrected chi connectivity index (χ0v) is 12.5. The van der Waals surface area contributed by atoms with E-state index in [4.69, 9.17) is 4.74 Å². The molecule has 0 amide bonds. The molecule has 1 heterocycles. The molecule has 2 atom stereocenters. The largest absolute Gasteiger partial charge is 0.372 e. The molecule has 0 radical (unpaired) electrons. The number of benzene rings is 1. The van der Waals surface area contributed by atoms with Gasteiger partial charge in [0, 0.05) is 11.5 Å². The van der Waals surface area contributed by atoms with Crippen LogP contribution >= 0.6 is 11.3 Å². The van der Waals surface area contributed by atoms with Gasteiger partial charge < -0.3 is 10.1 Å². The molecule has 102 valence electrons. The van der Waals surface area contributed by atoms with Gasteiger partial charge in [0.2, 0.25) is 0 Å². The Morgan fingerprint density at radius 3 is 2.47 bits per heavy atom. The van der Waals surface area contributed by atoms with Gasteiger partial charge in [0.05, 0.1) is 6.04 Å². The normalized spacial score (nSPS) is 14.3. The molecule has 19 heavy (non-hydrogen) atoms. The number of likely N-dealkylation sites (N-methyl/N-ethyl adjacent to an activating group) is 1. The quantitative estimate of drug-likeness (QED) is 0.857. The second-order valence-corrected chi connectivity index (χ2v) is 5.61. The Balaban J connectivity index is 2.34. The Bertz CT molecular complexity index is 494. The molecule has 2 unspecified atom stereocenters. The van der Waals surface area contributed by atoms with Gasteiger partial charge >= 0.3 is 0 Å². The summed E-state index contributed by atoms with van der Waals surface area (Å²) in [4.78, 5) is 1.35. The van der Waals surface area contributed by atoms with E-state index in [2.05, 4.69) is 48.0 Å². The minimum Gasteiger partial charge on any atom is -0.372 e. The molecule has 0 aliphatic carbocycles. The van der Waals surface area contributed by atoms with Gasteiger partial charge in [-0.05, 0) is 43.5 Å². The van der Waals surface area contributed by atoms with Crippen molar-refractivity contribution in [1.82, 2.24) is 5.32 Å². The van der Waals surface area contributed by atoms with Crippen LogP contribution in [0.15, 0.2) is 41.8 Å². The molecule has 0 fully saturated rings. The van der Waals surface area contributed by atoms with Crippen molar-refractivity contribution in [2.24, 2.45) is 0 Å². The fourth-order valence-electron chi connectivity index (χ4n) is 2.39. The third kappa shape index (κ3) is 3.24. The second-order valence-electron chi connectivity index (χ2n) is 4.49. The van der Waals surface area contributed by atoms with Crippen LogP contribution in [0.25, 0.3) is 0 Å². The Kier molecular flexibility index (Phi) is 5.14. The van der Waals surface area contributed by atoms with Gasteiger partial charge in [0.25, 0.3) is 0 Å². The Morgan fingerprint density at radius 1 is 1.21 bits per heavy atom. The van der Waals surface area contributed by atoms with Crippen molar-refractivity contribution in [1.29, 1.82) is 0 Å². The summed E-state index contributed by atoms with van der Waals surface area (Å²) in [5.41, 5.74) is 2.55. The smallest absolute Gasteiger partial charge is 0.102 e. The molecular formula is C16H21NOS. The van der Waals surface area contributed by atoms with Gasteiger partial charge in [-0.1, -0.05) is 30.3 Å². The Labute approximate surface area is 119 Å². The van der Waals surface area contributed by atoms with Crippen LogP contribution in [0, 0.1) is 6.92 Å². The lowest BCUT2D eigenvalue weighted by atomic mass is 9.96. The third-order valence-corrected chi connectivity index (χ3v) is 4.18. The topological polar surface area (TPSA) is 21.3 Å². The summed E-state index contributed by atoms with van der Waals surface area (Å²) in [5.74, 6) is 0. The van der Waals surface area contributed by atoms with Gasteiger partial charge in [-0.25, -0.2) is 0 Å². The van der Waals surface area contributed by atoms with Crippen molar-refractivity contribution >= 4 is 11.3 Å². The molecule has 2 nitrogen and oxygen atoms in total. The van der Waals surface area contributed by atoms with E-state index in [0.29, 0.717) is 6.61 Å². The van der Waals surface area contributed by atoms with Crippen LogP contribution in [0.4, 0.5) is 0 Å². The lowest BCUT2D eigenvalue weighted by molar-refractivity contribution is 0.0347. The van der Waals surface area contributed by atoms with Crippen molar-refractivity contribution in [3.63, 3.8) is 0 Å². The van der Waals surface area contributed by atoms with Crippen molar-refractivity contribution in [2.45, 2.75) is 26.0 Å². The Hall–Kier alpha value is -1.16. The minimum atomic E-state index is 0.0458. The molecule has 2 aromatic rings. The van der Waals surface area contributed by atoms with Crippen LogP contribution in [0.5, 0.6) is 0 Å². The molecule has 0 spiro atoms. The molecular weight excluding hydrogens is 254 g/mol. The van der Waals surface area contributed by atoms with Crippen LogP contribution in [0.2, 0.25) is 0 Å². The van der Waals surface area contributed by atoms with Crippen molar-refractivity contribution < 1.29 is 4.74 Å². The monoisotopic (exact) mass is 275 g/mol. The van der Waals surface area contributed by atoms with Gasteiger partial charge in [-0.3, -0.25) is 0 Å². The van der Waals surface area contributed by atoms with Gasteiger partial charge in [-0.2, -0.15) is 0 Å². The summed E-state index contributed by atoms with van der Waals surface area (Å²) in [7, 11) is 2.00. The SMILES string of the molecule is CCOC(c1ccccc1)C(NC)c1ccsc1C.